The van der Waals surface area contributed by atoms with Crippen LogP contribution in [0.5, 0.6) is 0 Å². The number of methoxy groups -OCH3 is 2. The van der Waals surface area contributed by atoms with Gasteiger partial charge in [-0.3, -0.25) is 14.6 Å². The third kappa shape index (κ3) is 8.32. The summed E-state index contributed by atoms with van der Waals surface area (Å²) < 4.78 is 9.37. The summed E-state index contributed by atoms with van der Waals surface area (Å²) >= 11 is 0. The molecule has 52 heavy (non-hydrogen) atoms. The van der Waals surface area contributed by atoms with Gasteiger partial charge in [0.05, 0.1) is 20.3 Å². The predicted octanol–water partition coefficient (Wildman–Crippen LogP) is 5.07. The number of ether oxygens (including phenoxy) is 2. The van der Waals surface area contributed by atoms with E-state index in [2.05, 4.69) is 42.6 Å². The standard InChI is InChI=1S/C20H25N4O3.C16H23N4O3.CH4.W/c1-11(2)16(23-20(26)27-3)19(25)24-13-9-8-12(10-13)17(24)18-21-14-6-4-5-7-15(14)22-18;1-10(2)12(19-15(22)23-3)14(21)20-9-16(4-5-16)8-11(20)13-17-6-7-18-13;;/h4,6-7,11-13,16-17H,8-10H2,1-3H3,(H,21,22)(H,23,26);6,10-12H,4-5,8-9H2,1-3H3,(H,17,18)(H,19,22);1H4;/q2*-1;;+2/t12-,13+,16-,17-;11-,12-;;/m00../s1. The van der Waals surface area contributed by atoms with Crippen molar-refractivity contribution in [3.8, 4) is 0 Å². The number of hydrogen-bond donors (Lipinski definition) is 4. The van der Waals surface area contributed by atoms with Crippen LogP contribution in [0, 0.1) is 35.4 Å². The van der Waals surface area contributed by atoms with E-state index in [9.17, 15) is 19.2 Å². The van der Waals surface area contributed by atoms with Crippen LogP contribution in [0.3, 0.4) is 0 Å². The van der Waals surface area contributed by atoms with E-state index in [1.54, 1.807) is 6.20 Å². The number of carbonyl (C=O) groups excluding carboxylic acids is 4. The maximum atomic E-state index is 13.4. The second kappa shape index (κ2) is 16.8. The summed E-state index contributed by atoms with van der Waals surface area (Å²) in [7, 11) is 2.61. The van der Waals surface area contributed by atoms with E-state index in [0.717, 1.165) is 67.8 Å². The minimum atomic E-state index is -0.614. The Balaban J connectivity index is 0.000000227. The zero-order valence-corrected chi connectivity index (χ0v) is 33.0. The van der Waals surface area contributed by atoms with E-state index in [0.29, 0.717) is 5.92 Å². The van der Waals surface area contributed by atoms with Crippen molar-refractivity contribution < 1.29 is 49.7 Å². The number of hydrogen-bond acceptors (Lipinski definition) is 8. The van der Waals surface area contributed by atoms with Crippen molar-refractivity contribution in [1.82, 2.24) is 40.4 Å². The molecule has 2 aromatic heterocycles. The number of imidazole rings is 2. The third-order valence-corrected chi connectivity index (χ3v) is 10.8. The first-order valence-corrected chi connectivity index (χ1v) is 17.5. The van der Waals surface area contributed by atoms with Gasteiger partial charge in [-0.15, -0.1) is 18.3 Å². The van der Waals surface area contributed by atoms with Crippen molar-refractivity contribution in [3.05, 3.63) is 48.3 Å². The summed E-state index contributed by atoms with van der Waals surface area (Å²) in [6.07, 6.45) is 9.57. The van der Waals surface area contributed by atoms with Gasteiger partial charge in [0.15, 0.2) is 0 Å². The maximum Gasteiger partial charge on any atom is 2.00 e. The van der Waals surface area contributed by atoms with Gasteiger partial charge in [0.2, 0.25) is 11.8 Å². The van der Waals surface area contributed by atoms with Gasteiger partial charge in [-0.2, -0.15) is 12.1 Å². The van der Waals surface area contributed by atoms with Crippen LogP contribution in [-0.4, -0.2) is 92.6 Å². The second-order valence-electron chi connectivity index (χ2n) is 14.8. The van der Waals surface area contributed by atoms with Crippen LogP contribution in [0.4, 0.5) is 9.59 Å². The number of nitrogens with one attached hydrogen (secondary N) is 4. The van der Waals surface area contributed by atoms with Crippen LogP contribution in [0.25, 0.3) is 11.0 Å². The summed E-state index contributed by atoms with van der Waals surface area (Å²) in [6.45, 7) is 8.41. The Morgan fingerprint density at radius 3 is 2.19 bits per heavy atom. The first kappa shape index (κ1) is 40.8. The predicted molar refractivity (Wildman–Crippen MR) is 189 cm³/mol. The van der Waals surface area contributed by atoms with E-state index >= 15 is 0 Å². The fourth-order valence-electron chi connectivity index (χ4n) is 7.93. The minimum absolute atomic E-state index is 0. The minimum Gasteiger partial charge on any atom is -0.453 e. The molecule has 2 aliphatic heterocycles. The van der Waals surface area contributed by atoms with Crippen molar-refractivity contribution in [2.75, 3.05) is 20.8 Å². The molecule has 0 radical (unpaired) electrons. The molecular weight excluding hydrogens is 836 g/mol. The molecule has 4 fully saturated rings. The van der Waals surface area contributed by atoms with Gasteiger partial charge in [-0.1, -0.05) is 41.3 Å². The Kier molecular flexibility index (Phi) is 13.2. The van der Waals surface area contributed by atoms with E-state index < -0.39 is 24.3 Å². The zero-order valence-electron chi connectivity index (χ0n) is 30.0. The number of fused-ring (bicyclic) bond motifs is 3. The number of aromatic nitrogens is 4. The molecule has 14 nitrogen and oxygen atoms in total. The maximum absolute atomic E-state index is 13.4. The van der Waals surface area contributed by atoms with Crippen LogP contribution in [0.2, 0.25) is 0 Å². The van der Waals surface area contributed by atoms with Crippen LogP contribution in [0.15, 0.2) is 24.4 Å². The largest absolute Gasteiger partial charge is 2.00 e. The van der Waals surface area contributed by atoms with Gasteiger partial charge in [0, 0.05) is 18.6 Å². The van der Waals surface area contributed by atoms with Crippen LogP contribution in [-0.2, 0) is 40.1 Å². The quantitative estimate of drug-likeness (QED) is 0.227. The third-order valence-electron chi connectivity index (χ3n) is 10.8. The molecule has 2 saturated heterocycles. The van der Waals surface area contributed by atoms with Crippen molar-refractivity contribution in [2.45, 2.75) is 104 Å². The Morgan fingerprint density at radius 2 is 1.63 bits per heavy atom. The number of aromatic amines is 2. The normalized spacial score (nSPS) is 23.3. The summed E-state index contributed by atoms with van der Waals surface area (Å²) in [5.74, 6) is 1.79. The number of carbonyl (C=O) groups is 4. The Hall–Kier alpha value is -3.93. The number of H-pyrrole nitrogens is 2. The van der Waals surface area contributed by atoms with Crippen LogP contribution < -0.4 is 10.6 Å². The van der Waals surface area contributed by atoms with Crippen molar-refractivity contribution in [1.29, 1.82) is 0 Å². The summed E-state index contributed by atoms with van der Waals surface area (Å²) in [5.41, 5.74) is 2.04. The molecule has 1 spiro atoms. The average Bonchev–Trinajstić information content (AvgIpc) is 3.72. The van der Waals surface area contributed by atoms with E-state index in [-0.39, 0.29) is 75.7 Å². The molecular formula is C37H52N8O6W. The fourth-order valence-corrected chi connectivity index (χ4v) is 7.93. The summed E-state index contributed by atoms with van der Waals surface area (Å²) in [6, 6.07) is 7.53. The van der Waals surface area contributed by atoms with Gasteiger partial charge in [0.25, 0.3) is 0 Å². The number of benzene rings is 1. The van der Waals surface area contributed by atoms with E-state index in [1.165, 1.54) is 14.2 Å². The first-order chi connectivity index (χ1) is 23.9. The van der Waals surface area contributed by atoms with Gasteiger partial charge < -0.3 is 44.9 Å². The Labute approximate surface area is 320 Å². The number of amides is 4. The number of likely N-dealkylation sites (tertiary alicyclic amines) is 2. The molecule has 4 N–H and O–H groups in total. The topological polar surface area (TPSA) is 175 Å². The molecule has 7 rings (SSSR count). The van der Waals surface area contributed by atoms with Gasteiger partial charge in [-0.25, -0.2) is 9.59 Å². The number of nitrogens with zero attached hydrogens (tertiary/aromatic N) is 4. The van der Waals surface area contributed by atoms with Gasteiger partial charge >= 0.3 is 33.3 Å². The van der Waals surface area contributed by atoms with Crippen molar-refractivity contribution >= 4 is 35.0 Å². The molecule has 2 saturated carbocycles. The smallest absolute Gasteiger partial charge is 0.453 e. The Bertz CT molecular complexity index is 1660. The molecule has 1 aromatic carbocycles. The molecule has 3 aromatic rings. The molecule has 6 atom stereocenters. The molecule has 0 unspecified atom stereocenters. The number of alkyl carbamates (subject to hydrolysis) is 2. The first-order valence-electron chi connectivity index (χ1n) is 17.5. The zero-order chi connectivity index (χ0) is 35.7. The van der Waals surface area contributed by atoms with Crippen molar-refractivity contribution in [2.24, 2.45) is 23.2 Å². The van der Waals surface area contributed by atoms with Crippen LogP contribution >= 0.6 is 0 Å². The summed E-state index contributed by atoms with van der Waals surface area (Å²) in [4.78, 5) is 69.1. The monoisotopic (exact) mass is 888 g/mol. The molecule has 4 heterocycles. The number of rotatable bonds is 8. The molecule has 2 bridgehead atoms. The Morgan fingerprint density at radius 1 is 0.981 bits per heavy atom. The molecule has 4 aliphatic rings. The average molecular weight is 889 g/mol. The van der Waals surface area contributed by atoms with E-state index in [4.69, 9.17) is 9.72 Å². The molecule has 4 amide bonds. The number of piperidine rings is 1. The molecule has 282 valence electrons. The molecule has 15 heteroatoms. The molecule has 2 aliphatic carbocycles. The van der Waals surface area contributed by atoms with Gasteiger partial charge in [-0.05, 0) is 78.6 Å². The van der Waals surface area contributed by atoms with E-state index in [1.807, 2.05) is 55.7 Å². The summed E-state index contributed by atoms with van der Waals surface area (Å²) in [5, 5.41) is 5.38. The van der Waals surface area contributed by atoms with Crippen molar-refractivity contribution in [3.63, 3.8) is 0 Å². The van der Waals surface area contributed by atoms with Crippen LogP contribution in [0.1, 0.15) is 97.4 Å². The second-order valence-corrected chi connectivity index (χ2v) is 14.8. The van der Waals surface area contributed by atoms with Gasteiger partial charge in [0.1, 0.15) is 17.9 Å². The fraction of sp³-hybridized carbons (Fsp3) is 0.622. The SMILES string of the molecule is C.COC(=O)N[C@H](C(=O)N1CC2(CC2)C[C@H]1c1n[c-]c[nH]1)C(C)C.COC(=O)N[C@H](C(=O)N1[C@@H]2CC[C@@H](C2)[C@H]1c1nc2c[c-]ccc2[nH]1)C(C)C.[W+2].